The average molecular weight is 291 g/mol. The third-order valence-electron chi connectivity index (χ3n) is 3.97. The summed E-state index contributed by atoms with van der Waals surface area (Å²) >= 11 is 0. The minimum absolute atomic E-state index is 0.202. The van der Waals surface area contributed by atoms with Crippen molar-refractivity contribution >= 4 is 11.9 Å². The summed E-state index contributed by atoms with van der Waals surface area (Å²) in [6.45, 7) is 3.95. The lowest BCUT2D eigenvalue weighted by Crippen LogP contribution is -2.42. The van der Waals surface area contributed by atoms with Crippen molar-refractivity contribution in [3.8, 4) is 11.5 Å². The van der Waals surface area contributed by atoms with E-state index in [0.717, 1.165) is 5.56 Å². The summed E-state index contributed by atoms with van der Waals surface area (Å²) in [6, 6.07) is 5.52. The number of carboxylic acids is 1. The predicted octanol–water partition coefficient (Wildman–Crippen LogP) is 1.49. The fourth-order valence-electron chi connectivity index (χ4n) is 2.52. The fourth-order valence-corrected chi connectivity index (χ4v) is 2.52. The molecule has 1 saturated carbocycles. The Morgan fingerprint density at radius 2 is 1.95 bits per heavy atom. The van der Waals surface area contributed by atoms with E-state index in [4.69, 9.17) is 14.6 Å². The zero-order valence-electron chi connectivity index (χ0n) is 11.9. The summed E-state index contributed by atoms with van der Waals surface area (Å²) in [4.78, 5) is 22.9. The number of hydrogen-bond donors (Lipinski definition) is 2. The number of fused-ring (bicyclic) bond motifs is 1. The summed E-state index contributed by atoms with van der Waals surface area (Å²) in [5, 5.41) is 11.8. The van der Waals surface area contributed by atoms with Gasteiger partial charge < -0.3 is 19.9 Å². The quantitative estimate of drug-likeness (QED) is 0.878. The molecular weight excluding hydrogens is 274 g/mol. The normalized spacial score (nSPS) is 22.8. The summed E-state index contributed by atoms with van der Waals surface area (Å²) in [6.07, 6.45) is 0.415. The number of hydrogen-bond acceptors (Lipinski definition) is 4. The largest absolute Gasteiger partial charge is 0.481 e. The molecule has 2 aliphatic rings. The molecule has 0 bridgehead atoms. The lowest BCUT2D eigenvalue weighted by atomic mass is 9.93. The molecule has 1 aromatic carbocycles. The van der Waals surface area contributed by atoms with Gasteiger partial charge in [0.1, 0.15) is 0 Å². The van der Waals surface area contributed by atoms with Crippen LogP contribution in [0.3, 0.4) is 0 Å². The minimum Gasteiger partial charge on any atom is -0.481 e. The molecule has 1 aliphatic carbocycles. The van der Waals surface area contributed by atoms with Crippen LogP contribution < -0.4 is 14.8 Å². The monoisotopic (exact) mass is 291 g/mol. The van der Waals surface area contributed by atoms with Gasteiger partial charge in [0.2, 0.25) is 12.7 Å². The Balaban J connectivity index is 1.72. The number of carbonyl (C=O) groups is 2. The SMILES string of the molecule is CC(C)(NC(=O)[C@@H]1C[C@H]1C(=O)O)c1ccc2c(c1)OCO2. The molecule has 0 saturated heterocycles. The molecule has 6 heteroatoms. The highest BCUT2D eigenvalue weighted by Crippen LogP contribution is 2.40. The minimum atomic E-state index is -0.906. The summed E-state index contributed by atoms with van der Waals surface area (Å²) < 4.78 is 10.6. The van der Waals surface area contributed by atoms with Gasteiger partial charge in [-0.1, -0.05) is 6.07 Å². The zero-order valence-corrected chi connectivity index (χ0v) is 11.9. The van der Waals surface area contributed by atoms with Gasteiger partial charge in [-0.3, -0.25) is 9.59 Å². The molecule has 1 amide bonds. The molecule has 1 aromatic rings. The molecule has 1 fully saturated rings. The van der Waals surface area contributed by atoms with Crippen LogP contribution >= 0.6 is 0 Å². The molecule has 0 spiro atoms. The predicted molar refractivity (Wildman–Crippen MR) is 73.0 cm³/mol. The molecule has 2 N–H and O–H groups in total. The molecule has 21 heavy (non-hydrogen) atoms. The van der Waals surface area contributed by atoms with Crippen molar-refractivity contribution in [2.24, 2.45) is 11.8 Å². The Hall–Kier alpha value is -2.24. The number of benzene rings is 1. The van der Waals surface area contributed by atoms with Gasteiger partial charge in [0, 0.05) is 0 Å². The van der Waals surface area contributed by atoms with Crippen LogP contribution in [0.15, 0.2) is 18.2 Å². The standard InChI is InChI=1S/C15H17NO5/c1-15(2,16-13(17)9-6-10(9)14(18)19)8-3-4-11-12(5-8)21-7-20-11/h3-5,9-10H,6-7H2,1-2H3,(H,16,17)(H,18,19)/t9-,10-/m1/s1. The first-order valence-corrected chi connectivity index (χ1v) is 6.83. The summed E-state index contributed by atoms with van der Waals surface area (Å²) in [7, 11) is 0. The highest BCUT2D eigenvalue weighted by Gasteiger charge is 2.49. The number of amides is 1. The maximum Gasteiger partial charge on any atom is 0.307 e. The van der Waals surface area contributed by atoms with Crippen molar-refractivity contribution < 1.29 is 24.2 Å². The molecule has 0 unspecified atom stereocenters. The second-order valence-electron chi connectivity index (χ2n) is 5.97. The molecular formula is C15H17NO5. The third kappa shape index (κ3) is 2.53. The topological polar surface area (TPSA) is 84.9 Å². The van der Waals surface area contributed by atoms with Gasteiger partial charge in [-0.2, -0.15) is 0 Å². The zero-order chi connectivity index (χ0) is 15.2. The highest BCUT2D eigenvalue weighted by molar-refractivity contribution is 5.89. The molecule has 1 aliphatic heterocycles. The van der Waals surface area contributed by atoms with Gasteiger partial charge in [0.05, 0.1) is 17.4 Å². The first-order chi connectivity index (χ1) is 9.88. The van der Waals surface area contributed by atoms with E-state index in [2.05, 4.69) is 5.32 Å². The van der Waals surface area contributed by atoms with E-state index in [-0.39, 0.29) is 12.7 Å². The Labute approximate surface area is 122 Å². The molecule has 0 aromatic heterocycles. The fraction of sp³-hybridized carbons (Fsp3) is 0.467. The second-order valence-corrected chi connectivity index (χ2v) is 5.97. The number of ether oxygens (including phenoxy) is 2. The number of nitrogens with one attached hydrogen (secondary N) is 1. The average Bonchev–Trinajstić information content (AvgIpc) is 3.09. The lowest BCUT2D eigenvalue weighted by Gasteiger charge is -2.27. The Morgan fingerprint density at radius 1 is 1.24 bits per heavy atom. The van der Waals surface area contributed by atoms with Crippen molar-refractivity contribution in [2.75, 3.05) is 6.79 Å². The third-order valence-corrected chi connectivity index (χ3v) is 3.97. The van der Waals surface area contributed by atoms with Crippen LogP contribution in [0.25, 0.3) is 0 Å². The molecule has 3 rings (SSSR count). The van der Waals surface area contributed by atoms with Crippen molar-refractivity contribution in [1.82, 2.24) is 5.32 Å². The highest BCUT2D eigenvalue weighted by atomic mass is 16.7. The molecule has 6 nitrogen and oxygen atoms in total. The number of carbonyl (C=O) groups excluding carboxylic acids is 1. The molecule has 112 valence electrons. The number of rotatable bonds is 4. The molecule has 0 radical (unpaired) electrons. The van der Waals surface area contributed by atoms with E-state index >= 15 is 0 Å². The van der Waals surface area contributed by atoms with Gasteiger partial charge in [-0.25, -0.2) is 0 Å². The maximum atomic E-state index is 12.1. The first-order valence-electron chi connectivity index (χ1n) is 6.83. The molecule has 1 heterocycles. The summed E-state index contributed by atoms with van der Waals surface area (Å²) in [5.74, 6) is -0.742. The Morgan fingerprint density at radius 3 is 2.62 bits per heavy atom. The van der Waals surface area contributed by atoms with Crippen molar-refractivity contribution in [3.05, 3.63) is 23.8 Å². The van der Waals surface area contributed by atoms with E-state index in [1.54, 1.807) is 0 Å². The van der Waals surface area contributed by atoms with Gasteiger partial charge in [-0.05, 0) is 38.0 Å². The maximum absolute atomic E-state index is 12.1. The van der Waals surface area contributed by atoms with Gasteiger partial charge in [0.15, 0.2) is 11.5 Å². The van der Waals surface area contributed by atoms with E-state index in [9.17, 15) is 9.59 Å². The lowest BCUT2D eigenvalue weighted by molar-refractivity contribution is -0.140. The van der Waals surface area contributed by atoms with Crippen molar-refractivity contribution in [1.29, 1.82) is 0 Å². The van der Waals surface area contributed by atoms with Gasteiger partial charge >= 0.3 is 5.97 Å². The van der Waals surface area contributed by atoms with Gasteiger partial charge in [0.25, 0.3) is 0 Å². The second kappa shape index (κ2) is 4.65. The van der Waals surface area contributed by atoms with E-state index in [1.807, 2.05) is 32.0 Å². The van der Waals surface area contributed by atoms with E-state index in [1.165, 1.54) is 0 Å². The van der Waals surface area contributed by atoms with Crippen LogP contribution in [0.5, 0.6) is 11.5 Å². The van der Waals surface area contributed by atoms with Crippen molar-refractivity contribution in [2.45, 2.75) is 25.8 Å². The van der Waals surface area contributed by atoms with Gasteiger partial charge in [-0.15, -0.1) is 0 Å². The van der Waals surface area contributed by atoms with Crippen LogP contribution in [0.4, 0.5) is 0 Å². The number of carboxylic acid groups (broad SMARTS) is 1. The van der Waals surface area contributed by atoms with Crippen LogP contribution in [-0.4, -0.2) is 23.8 Å². The van der Waals surface area contributed by atoms with E-state index < -0.39 is 23.3 Å². The Bertz CT molecular complexity index is 610. The van der Waals surface area contributed by atoms with Crippen LogP contribution in [0, 0.1) is 11.8 Å². The summed E-state index contributed by atoms with van der Waals surface area (Å²) in [5.41, 5.74) is 0.275. The Kier molecular flexibility index (Phi) is 3.04. The smallest absolute Gasteiger partial charge is 0.307 e. The van der Waals surface area contributed by atoms with E-state index in [0.29, 0.717) is 17.9 Å². The first kappa shape index (κ1) is 13.7. The van der Waals surface area contributed by atoms with Crippen LogP contribution in [0.2, 0.25) is 0 Å². The molecule has 2 atom stereocenters. The van der Waals surface area contributed by atoms with Crippen molar-refractivity contribution in [3.63, 3.8) is 0 Å². The number of aliphatic carboxylic acids is 1. The van der Waals surface area contributed by atoms with Crippen LogP contribution in [0.1, 0.15) is 25.8 Å². The van der Waals surface area contributed by atoms with Crippen LogP contribution in [-0.2, 0) is 15.1 Å².